The summed E-state index contributed by atoms with van der Waals surface area (Å²) in [5, 5.41) is 9.20. The van der Waals surface area contributed by atoms with Gasteiger partial charge in [-0.15, -0.1) is 0 Å². The van der Waals surface area contributed by atoms with Crippen molar-refractivity contribution in [2.24, 2.45) is 11.3 Å². The highest BCUT2D eigenvalue weighted by Crippen LogP contribution is 2.37. The van der Waals surface area contributed by atoms with Gasteiger partial charge in [0.25, 0.3) is 0 Å². The maximum atomic E-state index is 9.20. The molecule has 0 atom stereocenters. The van der Waals surface area contributed by atoms with Crippen molar-refractivity contribution in [2.75, 3.05) is 32.0 Å². The number of aliphatic hydroxyl groups is 1. The van der Waals surface area contributed by atoms with E-state index in [0.29, 0.717) is 17.9 Å². The van der Waals surface area contributed by atoms with Crippen LogP contribution in [0.3, 0.4) is 0 Å². The summed E-state index contributed by atoms with van der Waals surface area (Å²) in [6, 6.07) is 0. The van der Waals surface area contributed by atoms with Crippen LogP contribution in [-0.2, 0) is 0 Å². The molecule has 1 aliphatic heterocycles. The molecule has 3 heteroatoms. The summed E-state index contributed by atoms with van der Waals surface area (Å²) < 4.78 is 0. The average Bonchev–Trinajstić information content (AvgIpc) is 2.66. The van der Waals surface area contributed by atoms with E-state index in [0.717, 1.165) is 5.75 Å². The second-order valence-electron chi connectivity index (χ2n) is 6.47. The van der Waals surface area contributed by atoms with E-state index in [-0.39, 0.29) is 0 Å². The number of thiol groups is 1. The molecule has 1 heterocycles. The molecule has 106 valence electrons. The predicted octanol–water partition coefficient (Wildman–Crippen LogP) is 2.96. The van der Waals surface area contributed by atoms with Crippen LogP contribution in [0.15, 0.2) is 0 Å². The van der Waals surface area contributed by atoms with Crippen LogP contribution in [0.4, 0.5) is 0 Å². The van der Waals surface area contributed by atoms with Crippen LogP contribution in [-0.4, -0.2) is 42.0 Å². The zero-order valence-corrected chi connectivity index (χ0v) is 12.5. The Labute approximate surface area is 118 Å². The number of hydrogen-bond donors (Lipinski definition) is 2. The third kappa shape index (κ3) is 3.88. The van der Waals surface area contributed by atoms with Crippen LogP contribution in [0.1, 0.15) is 51.4 Å². The lowest BCUT2D eigenvalue weighted by atomic mass is 9.81. The molecule has 2 rings (SSSR count). The predicted molar refractivity (Wildman–Crippen MR) is 80.2 cm³/mol. The first-order valence-electron chi connectivity index (χ1n) is 7.72. The second-order valence-corrected chi connectivity index (χ2v) is 6.79. The van der Waals surface area contributed by atoms with Gasteiger partial charge in [-0.2, -0.15) is 12.6 Å². The molecule has 0 bridgehead atoms. The molecule has 2 aliphatic rings. The van der Waals surface area contributed by atoms with Gasteiger partial charge >= 0.3 is 0 Å². The molecule has 0 aromatic heterocycles. The van der Waals surface area contributed by atoms with Crippen LogP contribution >= 0.6 is 12.6 Å². The number of likely N-dealkylation sites (tertiary alicyclic amines) is 1. The summed E-state index contributed by atoms with van der Waals surface area (Å²) in [5.41, 5.74) is 0.478. The normalized spacial score (nSPS) is 27.0. The van der Waals surface area contributed by atoms with Crippen LogP contribution < -0.4 is 0 Å². The van der Waals surface area contributed by atoms with Gasteiger partial charge < -0.3 is 10.0 Å². The van der Waals surface area contributed by atoms with E-state index in [1.54, 1.807) is 0 Å². The summed E-state index contributed by atoms with van der Waals surface area (Å²) in [4.78, 5) is 2.63. The first-order chi connectivity index (χ1) is 8.78. The van der Waals surface area contributed by atoms with Crippen LogP contribution in [0.5, 0.6) is 0 Å². The minimum absolute atomic E-state index is 0.381. The highest BCUT2D eigenvalue weighted by Gasteiger charge is 2.32. The van der Waals surface area contributed by atoms with Gasteiger partial charge in [-0.05, 0) is 55.9 Å². The summed E-state index contributed by atoms with van der Waals surface area (Å²) in [6.45, 7) is 3.99. The van der Waals surface area contributed by atoms with Crippen LogP contribution in [0.25, 0.3) is 0 Å². The number of piperidine rings is 1. The maximum absolute atomic E-state index is 9.20. The Morgan fingerprint density at radius 2 is 1.67 bits per heavy atom. The van der Waals surface area contributed by atoms with E-state index in [1.165, 1.54) is 71.0 Å². The van der Waals surface area contributed by atoms with Gasteiger partial charge in [0.15, 0.2) is 0 Å². The smallest absolute Gasteiger partial charge is 0.0460 e. The molecule has 0 radical (unpaired) electrons. The van der Waals surface area contributed by atoms with Crippen LogP contribution in [0, 0.1) is 11.3 Å². The second kappa shape index (κ2) is 7.16. The lowest BCUT2D eigenvalue weighted by Crippen LogP contribution is -2.43. The van der Waals surface area contributed by atoms with Gasteiger partial charge in [-0.1, -0.05) is 25.7 Å². The molecule has 2 nitrogen and oxygen atoms in total. The van der Waals surface area contributed by atoms with Crippen molar-refractivity contribution in [1.82, 2.24) is 4.90 Å². The molecule has 1 N–H and O–H groups in total. The molecule has 1 saturated carbocycles. The highest BCUT2D eigenvalue weighted by atomic mass is 32.1. The Kier molecular flexibility index (Phi) is 5.84. The molecule has 0 amide bonds. The molecule has 0 spiro atoms. The minimum atomic E-state index is 0.381. The van der Waals surface area contributed by atoms with E-state index < -0.39 is 0 Å². The SMILES string of the molecule is OCC1CCN(CC2(CS)CCCCCC2)CC1. The van der Waals surface area contributed by atoms with Gasteiger partial charge in [0.05, 0.1) is 0 Å². The Morgan fingerprint density at radius 1 is 1.06 bits per heavy atom. The van der Waals surface area contributed by atoms with Crippen molar-refractivity contribution in [3.8, 4) is 0 Å². The van der Waals surface area contributed by atoms with Crippen molar-refractivity contribution in [3.63, 3.8) is 0 Å². The molecule has 1 saturated heterocycles. The summed E-state index contributed by atoms with van der Waals surface area (Å²) >= 11 is 4.67. The molecule has 2 fully saturated rings. The molecule has 1 aliphatic carbocycles. The van der Waals surface area contributed by atoms with Gasteiger partial charge in [-0.25, -0.2) is 0 Å². The largest absolute Gasteiger partial charge is 0.396 e. The zero-order chi connectivity index (χ0) is 12.8. The van der Waals surface area contributed by atoms with E-state index >= 15 is 0 Å². The monoisotopic (exact) mass is 271 g/mol. The lowest BCUT2D eigenvalue weighted by Gasteiger charge is -2.40. The van der Waals surface area contributed by atoms with E-state index in [1.807, 2.05) is 0 Å². The fraction of sp³-hybridized carbons (Fsp3) is 1.00. The Balaban J connectivity index is 1.85. The van der Waals surface area contributed by atoms with Gasteiger partial charge in [0, 0.05) is 13.2 Å². The van der Waals surface area contributed by atoms with E-state index in [4.69, 9.17) is 0 Å². The molecule has 18 heavy (non-hydrogen) atoms. The number of aliphatic hydroxyl groups excluding tert-OH is 1. The minimum Gasteiger partial charge on any atom is -0.396 e. The van der Waals surface area contributed by atoms with Crippen LogP contribution in [0.2, 0.25) is 0 Å². The maximum Gasteiger partial charge on any atom is 0.0460 e. The lowest BCUT2D eigenvalue weighted by molar-refractivity contribution is 0.0900. The van der Waals surface area contributed by atoms with Crippen molar-refractivity contribution in [2.45, 2.75) is 51.4 Å². The fourth-order valence-electron chi connectivity index (χ4n) is 3.65. The van der Waals surface area contributed by atoms with E-state index in [2.05, 4.69) is 17.5 Å². The summed E-state index contributed by atoms with van der Waals surface area (Å²) in [6.07, 6.45) is 10.7. The zero-order valence-electron chi connectivity index (χ0n) is 11.6. The van der Waals surface area contributed by atoms with Crippen molar-refractivity contribution < 1.29 is 5.11 Å². The molecular weight excluding hydrogens is 242 g/mol. The Hall–Kier alpha value is 0.270. The molecule has 0 aromatic rings. The van der Waals surface area contributed by atoms with Crippen molar-refractivity contribution >= 4 is 12.6 Å². The first kappa shape index (κ1) is 14.7. The Bertz CT molecular complexity index is 231. The van der Waals surface area contributed by atoms with Crippen molar-refractivity contribution in [3.05, 3.63) is 0 Å². The summed E-state index contributed by atoms with van der Waals surface area (Å²) in [7, 11) is 0. The average molecular weight is 271 g/mol. The number of hydrogen-bond acceptors (Lipinski definition) is 3. The molecule has 0 aromatic carbocycles. The summed E-state index contributed by atoms with van der Waals surface area (Å²) in [5.74, 6) is 1.61. The van der Waals surface area contributed by atoms with E-state index in [9.17, 15) is 5.11 Å². The molecule has 0 unspecified atom stereocenters. The quantitative estimate of drug-likeness (QED) is 0.606. The number of nitrogens with zero attached hydrogens (tertiary/aromatic N) is 1. The first-order valence-corrected chi connectivity index (χ1v) is 8.35. The van der Waals surface area contributed by atoms with Crippen molar-refractivity contribution in [1.29, 1.82) is 0 Å². The standard InChI is InChI=1S/C15H29NOS/c17-11-14-5-9-16(10-6-14)12-15(13-18)7-3-1-2-4-8-15/h14,17-18H,1-13H2. The molecular formula is C15H29NOS. The highest BCUT2D eigenvalue weighted by molar-refractivity contribution is 7.80. The third-order valence-corrected chi connectivity index (χ3v) is 5.69. The number of rotatable bonds is 4. The van der Waals surface area contributed by atoms with Gasteiger partial charge in [0.1, 0.15) is 0 Å². The van der Waals surface area contributed by atoms with Gasteiger partial charge in [0.2, 0.25) is 0 Å². The Morgan fingerprint density at radius 3 is 2.17 bits per heavy atom. The topological polar surface area (TPSA) is 23.5 Å². The fourth-order valence-corrected chi connectivity index (χ4v) is 4.06. The third-order valence-electron chi connectivity index (χ3n) is 5.02. The van der Waals surface area contributed by atoms with Gasteiger partial charge in [-0.3, -0.25) is 0 Å².